The normalized spacial score (nSPS) is 10.2. The molecule has 0 bridgehead atoms. The second-order valence-corrected chi connectivity index (χ2v) is 6.90. The number of hydrogen-bond donors (Lipinski definition) is 3. The summed E-state index contributed by atoms with van der Waals surface area (Å²) in [5, 5.41) is 17.8. The van der Waals surface area contributed by atoms with Gasteiger partial charge in [0.15, 0.2) is 23.2 Å². The van der Waals surface area contributed by atoms with E-state index >= 15 is 0 Å². The van der Waals surface area contributed by atoms with Crippen LogP contribution in [0.1, 0.15) is 16.1 Å². The molecule has 0 unspecified atom stereocenters. The van der Waals surface area contributed by atoms with Crippen molar-refractivity contribution in [2.45, 2.75) is 0 Å². The van der Waals surface area contributed by atoms with Gasteiger partial charge in [-0.15, -0.1) is 0 Å². The fourth-order valence-corrected chi connectivity index (χ4v) is 3.20. The monoisotopic (exact) mass is 471 g/mol. The van der Waals surface area contributed by atoms with Crippen LogP contribution in [0.4, 0.5) is 27.5 Å². The highest BCUT2D eigenvalue weighted by Crippen LogP contribution is 2.36. The van der Waals surface area contributed by atoms with E-state index in [1.54, 1.807) is 30.3 Å². The Hall–Kier alpha value is -5.18. The zero-order valence-electron chi connectivity index (χ0n) is 18.6. The molecule has 174 valence electrons. The van der Waals surface area contributed by atoms with Crippen LogP contribution in [0.15, 0.2) is 55.1 Å². The van der Waals surface area contributed by atoms with Crippen molar-refractivity contribution < 1.29 is 13.9 Å². The predicted octanol–water partition coefficient (Wildman–Crippen LogP) is 3.19. The molecule has 4 heterocycles. The summed E-state index contributed by atoms with van der Waals surface area (Å²) in [4.78, 5) is 33.6. The molecule has 12 heteroatoms. The molecule has 4 aromatic rings. The third kappa shape index (κ3) is 4.93. The van der Waals surface area contributed by atoms with Crippen LogP contribution in [0.3, 0.4) is 0 Å². The molecule has 0 aliphatic heterocycles. The average Bonchev–Trinajstić information content (AvgIpc) is 2.89. The first-order chi connectivity index (χ1) is 17.0. The molecule has 0 saturated carbocycles. The summed E-state index contributed by atoms with van der Waals surface area (Å²) in [6.45, 7) is 0. The lowest BCUT2D eigenvalue weighted by Crippen LogP contribution is -2.21. The number of halogens is 1. The van der Waals surface area contributed by atoms with Crippen molar-refractivity contribution in [2.75, 3.05) is 24.8 Å². The van der Waals surface area contributed by atoms with E-state index in [0.29, 0.717) is 17.1 Å². The fraction of sp³-hybridized carbons (Fsp3) is 0.0870. The lowest BCUT2D eigenvalue weighted by atomic mass is 10.1. The summed E-state index contributed by atoms with van der Waals surface area (Å²) in [6, 6.07) is 10.1. The van der Waals surface area contributed by atoms with Crippen LogP contribution in [0.25, 0.3) is 11.4 Å². The van der Waals surface area contributed by atoms with Gasteiger partial charge in [0.2, 0.25) is 0 Å². The molecule has 0 saturated heterocycles. The zero-order chi connectivity index (χ0) is 24.8. The van der Waals surface area contributed by atoms with Crippen LogP contribution < -0.4 is 20.7 Å². The Morgan fingerprint density at radius 1 is 1.03 bits per heavy atom. The van der Waals surface area contributed by atoms with Gasteiger partial charge in [-0.05, 0) is 24.3 Å². The van der Waals surface area contributed by atoms with E-state index in [1.807, 2.05) is 6.07 Å². The minimum atomic E-state index is -0.568. The van der Waals surface area contributed by atoms with E-state index in [2.05, 4.69) is 40.9 Å². The summed E-state index contributed by atoms with van der Waals surface area (Å²) in [7, 11) is 2.94. The zero-order valence-corrected chi connectivity index (χ0v) is 18.6. The van der Waals surface area contributed by atoms with Gasteiger partial charge in [-0.3, -0.25) is 4.79 Å². The number of aromatic nitrogens is 5. The van der Waals surface area contributed by atoms with Gasteiger partial charge in [0, 0.05) is 19.4 Å². The summed E-state index contributed by atoms with van der Waals surface area (Å²) < 4.78 is 18.8. The van der Waals surface area contributed by atoms with E-state index in [0.717, 1.165) is 12.4 Å². The lowest BCUT2D eigenvalue weighted by molar-refractivity contribution is 0.0964. The number of nitrogens with one attached hydrogen (secondary N) is 3. The minimum absolute atomic E-state index is 0.173. The molecule has 4 rings (SSSR count). The molecule has 35 heavy (non-hydrogen) atoms. The quantitative estimate of drug-likeness (QED) is 0.366. The SMILES string of the molecule is CNC(=O)c1c(Nc2nccc(-c3ncc(F)cn3)c2OC)ccnc1Nc1cccc(C#N)n1. The lowest BCUT2D eigenvalue weighted by Gasteiger charge is -2.17. The Labute approximate surface area is 199 Å². The summed E-state index contributed by atoms with van der Waals surface area (Å²) >= 11 is 0. The van der Waals surface area contributed by atoms with Gasteiger partial charge in [0.1, 0.15) is 29.0 Å². The molecule has 0 aromatic carbocycles. The molecular weight excluding hydrogens is 453 g/mol. The summed E-state index contributed by atoms with van der Waals surface area (Å²) in [5.41, 5.74) is 1.21. The van der Waals surface area contributed by atoms with Gasteiger partial charge >= 0.3 is 0 Å². The highest BCUT2D eigenvalue weighted by Gasteiger charge is 2.21. The molecule has 0 fully saturated rings. The van der Waals surface area contributed by atoms with E-state index in [9.17, 15) is 9.18 Å². The molecule has 0 spiro atoms. The largest absolute Gasteiger partial charge is 0.492 e. The van der Waals surface area contributed by atoms with Crippen LogP contribution >= 0.6 is 0 Å². The number of ether oxygens (including phenoxy) is 1. The summed E-state index contributed by atoms with van der Waals surface area (Å²) in [5.74, 6) is 0.333. The fourth-order valence-electron chi connectivity index (χ4n) is 3.20. The number of methoxy groups -OCH3 is 1. The average molecular weight is 471 g/mol. The molecule has 3 N–H and O–H groups in total. The van der Waals surface area contributed by atoms with Crippen molar-refractivity contribution in [3.8, 4) is 23.2 Å². The maximum absolute atomic E-state index is 13.3. The van der Waals surface area contributed by atoms with Crippen molar-refractivity contribution in [1.29, 1.82) is 5.26 Å². The summed E-state index contributed by atoms with van der Waals surface area (Å²) in [6.07, 6.45) is 5.10. The van der Waals surface area contributed by atoms with Gasteiger partial charge in [0.25, 0.3) is 5.91 Å². The standard InChI is InChI=1S/C23H18FN9O2/c1-26-23(34)18-16(7-9-27-21(18)33-17-5-3-4-14(10-25)31-17)32-22-19(35-2)15(6-8-28-22)20-29-11-13(24)12-30-20/h3-9,11-12H,1-2H3,(H,26,34)(H2,27,28,31,32,33). The van der Waals surface area contributed by atoms with Crippen molar-refractivity contribution in [3.05, 3.63) is 72.2 Å². The highest BCUT2D eigenvalue weighted by atomic mass is 19.1. The van der Waals surface area contributed by atoms with Crippen LogP contribution in [-0.4, -0.2) is 45.0 Å². The molecule has 0 aliphatic rings. The number of pyridine rings is 3. The van der Waals surface area contributed by atoms with Crippen LogP contribution in [-0.2, 0) is 0 Å². The first-order valence-electron chi connectivity index (χ1n) is 10.2. The molecule has 0 atom stereocenters. The maximum atomic E-state index is 13.3. The molecular formula is C23H18FN9O2. The number of nitrogens with zero attached hydrogens (tertiary/aromatic N) is 6. The number of rotatable bonds is 7. The van der Waals surface area contributed by atoms with Crippen LogP contribution in [0.2, 0.25) is 0 Å². The van der Waals surface area contributed by atoms with E-state index in [1.165, 1.54) is 26.6 Å². The molecule has 1 amide bonds. The van der Waals surface area contributed by atoms with Gasteiger partial charge in [-0.1, -0.05) is 6.07 Å². The molecule has 0 radical (unpaired) electrons. The Bertz CT molecular complexity index is 1420. The Balaban J connectivity index is 1.76. The van der Waals surface area contributed by atoms with E-state index in [4.69, 9.17) is 10.00 Å². The Kier molecular flexibility index (Phi) is 6.68. The van der Waals surface area contributed by atoms with Gasteiger partial charge in [-0.2, -0.15) is 5.26 Å². The second kappa shape index (κ2) is 10.2. The van der Waals surface area contributed by atoms with Crippen molar-refractivity contribution in [1.82, 2.24) is 30.2 Å². The number of carbonyl (C=O) groups excluding carboxylic acids is 1. The van der Waals surface area contributed by atoms with Crippen molar-refractivity contribution in [3.63, 3.8) is 0 Å². The molecule has 0 aliphatic carbocycles. The van der Waals surface area contributed by atoms with Crippen molar-refractivity contribution in [2.24, 2.45) is 0 Å². The van der Waals surface area contributed by atoms with Crippen molar-refractivity contribution >= 4 is 29.0 Å². The Morgan fingerprint density at radius 2 is 1.77 bits per heavy atom. The molecule has 11 nitrogen and oxygen atoms in total. The Morgan fingerprint density at radius 3 is 2.49 bits per heavy atom. The maximum Gasteiger partial charge on any atom is 0.256 e. The number of amides is 1. The van der Waals surface area contributed by atoms with Gasteiger partial charge in [0.05, 0.1) is 30.8 Å². The predicted molar refractivity (Wildman–Crippen MR) is 125 cm³/mol. The number of carbonyl (C=O) groups is 1. The van der Waals surface area contributed by atoms with Crippen LogP contribution in [0, 0.1) is 17.1 Å². The van der Waals surface area contributed by atoms with E-state index in [-0.39, 0.29) is 34.5 Å². The highest BCUT2D eigenvalue weighted by molar-refractivity contribution is 6.05. The second-order valence-electron chi connectivity index (χ2n) is 6.90. The number of nitriles is 1. The van der Waals surface area contributed by atoms with Gasteiger partial charge in [-0.25, -0.2) is 29.3 Å². The number of hydrogen-bond acceptors (Lipinski definition) is 10. The van der Waals surface area contributed by atoms with E-state index < -0.39 is 11.7 Å². The minimum Gasteiger partial charge on any atom is -0.492 e. The third-order valence-electron chi connectivity index (χ3n) is 4.74. The first kappa shape index (κ1) is 23.0. The molecule has 4 aromatic heterocycles. The van der Waals surface area contributed by atoms with Crippen LogP contribution in [0.5, 0.6) is 5.75 Å². The van der Waals surface area contributed by atoms with Gasteiger partial charge < -0.3 is 20.7 Å². The first-order valence-corrected chi connectivity index (χ1v) is 10.2. The number of anilines is 4. The smallest absolute Gasteiger partial charge is 0.256 e. The third-order valence-corrected chi connectivity index (χ3v) is 4.74. The topological polar surface area (TPSA) is 151 Å².